The Morgan fingerprint density at radius 3 is 2.53 bits per heavy atom. The number of rotatable bonds is 3. The van der Waals surface area contributed by atoms with Gasteiger partial charge in [0, 0.05) is 29.3 Å². The van der Waals surface area contributed by atoms with Gasteiger partial charge in [-0.3, -0.25) is 0 Å². The van der Waals surface area contributed by atoms with Crippen LogP contribution in [0.25, 0.3) is 0 Å². The number of hydrogen-bond donors (Lipinski definition) is 0. The molecule has 2 aromatic heterocycles. The molecule has 0 aliphatic heterocycles. The van der Waals surface area contributed by atoms with Gasteiger partial charge in [-0.15, -0.1) is 0 Å². The summed E-state index contributed by atoms with van der Waals surface area (Å²) in [5.41, 5.74) is 0. The highest BCUT2D eigenvalue weighted by Gasteiger charge is 2.16. The Morgan fingerprint density at radius 2 is 2.00 bits per heavy atom. The molecular formula is C9H9ClN4O2S. The highest BCUT2D eigenvalue weighted by Crippen LogP contribution is 2.14. The first-order chi connectivity index (χ1) is 7.97. The fraction of sp³-hybridized carbons (Fsp3) is 0.222. The molecule has 2 aromatic rings. The summed E-state index contributed by atoms with van der Waals surface area (Å²) >= 11 is 0. The van der Waals surface area contributed by atoms with Crippen molar-refractivity contribution in [1.29, 1.82) is 0 Å². The third kappa shape index (κ3) is 2.80. The minimum Gasteiger partial charge on any atom is -0.326 e. The fourth-order valence-electron chi connectivity index (χ4n) is 1.32. The highest BCUT2D eigenvalue weighted by atomic mass is 35.7. The van der Waals surface area contributed by atoms with Crippen LogP contribution in [0.2, 0.25) is 0 Å². The Labute approximate surface area is 103 Å². The summed E-state index contributed by atoms with van der Waals surface area (Å²) in [6, 6.07) is 1.71. The van der Waals surface area contributed by atoms with Crippen molar-refractivity contribution in [3.05, 3.63) is 36.3 Å². The van der Waals surface area contributed by atoms with Crippen LogP contribution in [0.5, 0.6) is 0 Å². The lowest BCUT2D eigenvalue weighted by molar-refractivity contribution is 0.606. The fourth-order valence-corrected chi connectivity index (χ4v) is 2.04. The molecular weight excluding hydrogens is 264 g/mol. The lowest BCUT2D eigenvalue weighted by Gasteiger charge is -2.01. The molecule has 0 aromatic carbocycles. The lowest BCUT2D eigenvalue weighted by Crippen LogP contribution is -2.04. The second kappa shape index (κ2) is 4.42. The minimum atomic E-state index is -3.80. The predicted molar refractivity (Wildman–Crippen MR) is 61.1 cm³/mol. The molecule has 0 amide bonds. The van der Waals surface area contributed by atoms with Crippen molar-refractivity contribution in [2.45, 2.75) is 18.5 Å². The first kappa shape index (κ1) is 12.0. The van der Waals surface area contributed by atoms with Crippen LogP contribution >= 0.6 is 10.7 Å². The molecule has 0 aliphatic rings. The number of nitrogens with zero attached hydrogens (tertiary/aromatic N) is 4. The van der Waals surface area contributed by atoms with E-state index in [9.17, 15) is 8.42 Å². The Hall–Kier alpha value is -1.47. The molecule has 0 unspecified atom stereocenters. The zero-order valence-corrected chi connectivity index (χ0v) is 10.5. The largest absolute Gasteiger partial charge is 0.326 e. The van der Waals surface area contributed by atoms with Crippen LogP contribution in [0.1, 0.15) is 11.6 Å². The summed E-state index contributed by atoms with van der Waals surface area (Å²) in [6.07, 6.45) is 4.61. The zero-order valence-electron chi connectivity index (χ0n) is 8.91. The van der Waals surface area contributed by atoms with E-state index in [0.29, 0.717) is 18.2 Å². The third-order valence-electron chi connectivity index (χ3n) is 2.13. The van der Waals surface area contributed by atoms with Crippen molar-refractivity contribution < 1.29 is 8.42 Å². The summed E-state index contributed by atoms with van der Waals surface area (Å²) in [7, 11) is 1.41. The summed E-state index contributed by atoms with van der Waals surface area (Å²) in [5, 5.41) is -0.160. The van der Waals surface area contributed by atoms with E-state index < -0.39 is 9.05 Å². The van der Waals surface area contributed by atoms with Crippen molar-refractivity contribution in [3.8, 4) is 0 Å². The molecule has 8 heteroatoms. The van der Waals surface area contributed by atoms with Crippen LogP contribution in [-0.2, 0) is 15.6 Å². The number of hydrogen-bond acceptors (Lipinski definition) is 5. The zero-order chi connectivity index (χ0) is 12.5. The van der Waals surface area contributed by atoms with Gasteiger partial charge in [0.1, 0.15) is 11.6 Å². The van der Waals surface area contributed by atoms with Crippen molar-refractivity contribution in [2.75, 3.05) is 0 Å². The SMILES string of the molecule is Cc1nc(S(=O)(=O)Cl)cn1Cc1ncccn1. The van der Waals surface area contributed by atoms with Crippen LogP contribution in [0.3, 0.4) is 0 Å². The van der Waals surface area contributed by atoms with Crippen molar-refractivity contribution in [3.63, 3.8) is 0 Å². The number of aromatic nitrogens is 4. The molecule has 6 nitrogen and oxygen atoms in total. The standard InChI is InChI=1S/C9H9ClN4O2S/c1-7-13-9(17(10,15)16)6-14(7)5-8-11-3-2-4-12-8/h2-4,6H,5H2,1H3. The molecule has 0 bridgehead atoms. The Kier molecular flexibility index (Phi) is 3.12. The molecule has 90 valence electrons. The van der Waals surface area contributed by atoms with E-state index in [4.69, 9.17) is 10.7 Å². The molecule has 0 saturated carbocycles. The third-order valence-corrected chi connectivity index (χ3v) is 3.31. The highest BCUT2D eigenvalue weighted by molar-refractivity contribution is 8.13. The van der Waals surface area contributed by atoms with Crippen LogP contribution in [0, 0.1) is 6.92 Å². The number of halogens is 1. The predicted octanol–water partition coefficient (Wildman–Crippen LogP) is 0.957. The molecule has 0 aliphatic carbocycles. The van der Waals surface area contributed by atoms with E-state index in [1.807, 2.05) is 0 Å². The van der Waals surface area contributed by atoms with Crippen LogP contribution in [0.15, 0.2) is 29.7 Å². The van der Waals surface area contributed by atoms with Gasteiger partial charge in [-0.2, -0.15) is 0 Å². The van der Waals surface area contributed by atoms with Crippen molar-refractivity contribution in [1.82, 2.24) is 19.5 Å². The average molecular weight is 273 g/mol. The topological polar surface area (TPSA) is 77.7 Å². The maximum atomic E-state index is 11.1. The molecule has 17 heavy (non-hydrogen) atoms. The normalized spacial score (nSPS) is 11.6. The Morgan fingerprint density at radius 1 is 1.35 bits per heavy atom. The van der Waals surface area contributed by atoms with E-state index >= 15 is 0 Å². The van der Waals surface area contributed by atoms with Crippen LogP contribution in [-0.4, -0.2) is 27.9 Å². The summed E-state index contributed by atoms with van der Waals surface area (Å²) in [5.74, 6) is 1.11. The first-order valence-corrected chi connectivity index (χ1v) is 7.02. The number of imidazole rings is 1. The molecule has 0 spiro atoms. The van der Waals surface area contributed by atoms with Gasteiger partial charge >= 0.3 is 0 Å². The van der Waals surface area contributed by atoms with Gasteiger partial charge in [-0.05, 0) is 13.0 Å². The van der Waals surface area contributed by atoms with Crippen molar-refractivity contribution in [2.24, 2.45) is 0 Å². The molecule has 0 N–H and O–H groups in total. The summed E-state index contributed by atoms with van der Waals surface area (Å²) in [4.78, 5) is 12.0. The quantitative estimate of drug-likeness (QED) is 0.778. The molecule has 2 rings (SSSR count). The van der Waals surface area contributed by atoms with E-state index in [0.717, 1.165) is 0 Å². The first-order valence-electron chi connectivity index (χ1n) is 4.71. The Balaban J connectivity index is 2.32. The summed E-state index contributed by atoms with van der Waals surface area (Å²) < 4.78 is 23.8. The van der Waals surface area contributed by atoms with Gasteiger partial charge < -0.3 is 4.57 Å². The maximum Gasteiger partial charge on any atom is 0.280 e. The van der Waals surface area contributed by atoms with Gasteiger partial charge in [-0.25, -0.2) is 23.4 Å². The molecule has 0 fully saturated rings. The van der Waals surface area contributed by atoms with Gasteiger partial charge in [0.2, 0.25) is 0 Å². The van der Waals surface area contributed by atoms with E-state index in [-0.39, 0.29) is 5.03 Å². The van der Waals surface area contributed by atoms with Crippen molar-refractivity contribution >= 4 is 19.7 Å². The van der Waals surface area contributed by atoms with Gasteiger partial charge in [0.15, 0.2) is 5.03 Å². The molecule has 0 atom stereocenters. The van der Waals surface area contributed by atoms with Crippen LogP contribution < -0.4 is 0 Å². The number of aryl methyl sites for hydroxylation is 1. The smallest absolute Gasteiger partial charge is 0.280 e. The monoisotopic (exact) mass is 272 g/mol. The average Bonchev–Trinajstić information content (AvgIpc) is 2.62. The minimum absolute atomic E-state index is 0.160. The molecule has 0 radical (unpaired) electrons. The molecule has 0 saturated heterocycles. The molecule has 2 heterocycles. The van der Waals surface area contributed by atoms with Gasteiger partial charge in [0.25, 0.3) is 9.05 Å². The summed E-state index contributed by atoms with van der Waals surface area (Å²) in [6.45, 7) is 2.04. The van der Waals surface area contributed by atoms with Crippen LogP contribution in [0.4, 0.5) is 0 Å². The Bertz CT molecular complexity index is 624. The van der Waals surface area contributed by atoms with Gasteiger partial charge in [-0.1, -0.05) is 0 Å². The second-order valence-electron chi connectivity index (χ2n) is 3.36. The van der Waals surface area contributed by atoms with Gasteiger partial charge in [0.05, 0.1) is 6.54 Å². The van der Waals surface area contributed by atoms with E-state index in [1.54, 1.807) is 30.0 Å². The second-order valence-corrected chi connectivity index (χ2v) is 5.87. The van der Waals surface area contributed by atoms with E-state index in [2.05, 4.69) is 15.0 Å². The van der Waals surface area contributed by atoms with E-state index in [1.165, 1.54) is 6.20 Å². The maximum absolute atomic E-state index is 11.1. The lowest BCUT2D eigenvalue weighted by atomic mass is 10.5.